The summed E-state index contributed by atoms with van der Waals surface area (Å²) in [5, 5.41) is 0.794. The van der Waals surface area contributed by atoms with Gasteiger partial charge in [0.05, 0.1) is 5.52 Å². The number of aromatic nitrogens is 2. The number of ether oxygens (including phenoxy) is 2. The van der Waals surface area contributed by atoms with Gasteiger partial charge in [0, 0.05) is 22.1 Å². The zero-order valence-corrected chi connectivity index (χ0v) is 12.9. The molecule has 23 heavy (non-hydrogen) atoms. The van der Waals surface area contributed by atoms with Gasteiger partial charge in [0.15, 0.2) is 11.5 Å². The van der Waals surface area contributed by atoms with Crippen molar-refractivity contribution in [2.24, 2.45) is 0 Å². The Labute approximate surface area is 137 Å². The molecule has 1 heterocycles. The molecular formula is C15H8BrF3N2O2. The number of nitrogens with zero attached hydrogens (tertiary/aromatic N) is 2. The van der Waals surface area contributed by atoms with Gasteiger partial charge in [-0.1, -0.05) is 15.9 Å². The van der Waals surface area contributed by atoms with Gasteiger partial charge in [0.25, 0.3) is 0 Å². The first-order chi connectivity index (χ1) is 10.9. The van der Waals surface area contributed by atoms with Gasteiger partial charge >= 0.3 is 6.36 Å². The normalized spacial score (nSPS) is 11.5. The zero-order valence-electron chi connectivity index (χ0n) is 11.3. The van der Waals surface area contributed by atoms with Crippen LogP contribution in [-0.4, -0.2) is 16.3 Å². The largest absolute Gasteiger partial charge is 0.573 e. The van der Waals surface area contributed by atoms with Crippen molar-refractivity contribution in [2.45, 2.75) is 6.36 Å². The third-order valence-electron chi connectivity index (χ3n) is 2.84. The summed E-state index contributed by atoms with van der Waals surface area (Å²) in [5.74, 6) is -0.154. The Kier molecular flexibility index (Phi) is 4.08. The lowest BCUT2D eigenvalue weighted by molar-refractivity contribution is -0.275. The molecule has 0 saturated carbocycles. The molecule has 0 aliphatic rings. The van der Waals surface area contributed by atoms with E-state index in [4.69, 9.17) is 4.74 Å². The number of fused-ring (bicyclic) bond motifs is 1. The summed E-state index contributed by atoms with van der Waals surface area (Å²) in [4.78, 5) is 7.96. The van der Waals surface area contributed by atoms with Crippen molar-refractivity contribution < 1.29 is 22.6 Å². The monoisotopic (exact) mass is 384 g/mol. The van der Waals surface area contributed by atoms with Crippen molar-refractivity contribution >= 4 is 26.8 Å². The number of alkyl halides is 3. The van der Waals surface area contributed by atoms with E-state index in [0.29, 0.717) is 15.7 Å². The molecule has 118 valence electrons. The predicted molar refractivity (Wildman–Crippen MR) is 80.4 cm³/mol. The fraction of sp³-hybridized carbons (Fsp3) is 0.0667. The van der Waals surface area contributed by atoms with Crippen LogP contribution in [0.3, 0.4) is 0 Å². The van der Waals surface area contributed by atoms with Crippen molar-refractivity contribution in [3.05, 3.63) is 53.4 Å². The Balaban J connectivity index is 1.94. The third kappa shape index (κ3) is 3.89. The highest BCUT2D eigenvalue weighted by atomic mass is 79.9. The molecule has 1 aromatic heterocycles. The Morgan fingerprint density at radius 1 is 1.00 bits per heavy atom. The summed E-state index contributed by atoms with van der Waals surface area (Å²) in [6.07, 6.45) is -1.80. The van der Waals surface area contributed by atoms with E-state index < -0.39 is 12.1 Å². The van der Waals surface area contributed by atoms with Gasteiger partial charge in [0.2, 0.25) is 0 Å². The molecular weight excluding hydrogens is 377 g/mol. The first-order valence-corrected chi connectivity index (χ1v) is 7.13. The minimum Gasteiger partial charge on any atom is -0.453 e. The lowest BCUT2D eigenvalue weighted by Gasteiger charge is -2.14. The summed E-state index contributed by atoms with van der Waals surface area (Å²) in [7, 11) is 0. The molecule has 0 radical (unpaired) electrons. The molecule has 2 aromatic carbocycles. The average Bonchev–Trinajstić information content (AvgIpc) is 2.48. The molecule has 0 amide bonds. The molecule has 0 aliphatic carbocycles. The minimum atomic E-state index is -4.81. The molecule has 0 unspecified atom stereocenters. The van der Waals surface area contributed by atoms with Crippen LogP contribution in [0.15, 0.2) is 53.4 Å². The van der Waals surface area contributed by atoms with Crippen LogP contribution in [0.1, 0.15) is 0 Å². The van der Waals surface area contributed by atoms with Crippen LogP contribution in [0.4, 0.5) is 13.2 Å². The average molecular weight is 385 g/mol. The molecule has 0 atom stereocenters. The van der Waals surface area contributed by atoms with Crippen molar-refractivity contribution in [3.8, 4) is 17.2 Å². The molecule has 0 bridgehead atoms. The maximum Gasteiger partial charge on any atom is 0.573 e. The number of rotatable bonds is 3. The Morgan fingerprint density at radius 2 is 1.83 bits per heavy atom. The fourth-order valence-electron chi connectivity index (χ4n) is 1.91. The maximum absolute atomic E-state index is 12.5. The SMILES string of the molecule is FC(F)(F)Oc1cc(Br)ccc1Oc1ccc2cncnc2c1. The van der Waals surface area contributed by atoms with Gasteiger partial charge in [-0.25, -0.2) is 9.97 Å². The van der Waals surface area contributed by atoms with Gasteiger partial charge in [0.1, 0.15) is 12.1 Å². The van der Waals surface area contributed by atoms with Crippen molar-refractivity contribution in [2.75, 3.05) is 0 Å². The van der Waals surface area contributed by atoms with Crippen LogP contribution in [0.5, 0.6) is 17.2 Å². The summed E-state index contributed by atoms with van der Waals surface area (Å²) in [5.41, 5.74) is 0.618. The molecule has 0 spiro atoms. The second-order valence-corrected chi connectivity index (χ2v) is 5.40. The molecule has 3 aromatic rings. The summed E-state index contributed by atoms with van der Waals surface area (Å²) in [6.45, 7) is 0. The third-order valence-corrected chi connectivity index (χ3v) is 3.33. The number of hydrogen-bond donors (Lipinski definition) is 0. The van der Waals surface area contributed by atoms with E-state index >= 15 is 0 Å². The van der Waals surface area contributed by atoms with Gasteiger partial charge in [-0.3, -0.25) is 0 Å². The minimum absolute atomic E-state index is 0.0565. The highest BCUT2D eigenvalue weighted by Gasteiger charge is 2.32. The predicted octanol–water partition coefficient (Wildman–Crippen LogP) is 5.08. The fourth-order valence-corrected chi connectivity index (χ4v) is 2.25. The van der Waals surface area contributed by atoms with Crippen LogP contribution in [-0.2, 0) is 0 Å². The molecule has 0 fully saturated rings. The Morgan fingerprint density at radius 3 is 2.61 bits per heavy atom. The molecule has 0 aliphatic heterocycles. The lowest BCUT2D eigenvalue weighted by Crippen LogP contribution is -2.17. The Hall–Kier alpha value is -2.35. The first kappa shape index (κ1) is 15.5. The van der Waals surface area contributed by atoms with Crippen LogP contribution in [0.25, 0.3) is 10.9 Å². The second kappa shape index (κ2) is 6.04. The van der Waals surface area contributed by atoms with E-state index in [-0.39, 0.29) is 5.75 Å². The number of halogens is 4. The maximum atomic E-state index is 12.5. The highest BCUT2D eigenvalue weighted by Crippen LogP contribution is 2.37. The summed E-state index contributed by atoms with van der Waals surface area (Å²) < 4.78 is 47.4. The van der Waals surface area contributed by atoms with E-state index in [2.05, 4.69) is 30.6 Å². The van der Waals surface area contributed by atoms with E-state index in [9.17, 15) is 13.2 Å². The summed E-state index contributed by atoms with van der Waals surface area (Å²) >= 11 is 3.10. The summed E-state index contributed by atoms with van der Waals surface area (Å²) in [6, 6.07) is 9.07. The van der Waals surface area contributed by atoms with E-state index in [1.165, 1.54) is 18.5 Å². The highest BCUT2D eigenvalue weighted by molar-refractivity contribution is 9.10. The molecule has 3 rings (SSSR count). The van der Waals surface area contributed by atoms with Gasteiger partial charge in [-0.15, -0.1) is 13.2 Å². The van der Waals surface area contributed by atoms with Crippen LogP contribution < -0.4 is 9.47 Å². The van der Waals surface area contributed by atoms with Crippen molar-refractivity contribution in [1.82, 2.24) is 9.97 Å². The Bertz CT molecular complexity index is 855. The van der Waals surface area contributed by atoms with E-state index in [1.54, 1.807) is 30.5 Å². The standard InChI is InChI=1S/C15H8BrF3N2O2/c16-10-2-4-13(14(5-10)23-15(17,18)19)22-11-3-1-9-7-20-8-21-12(9)6-11/h1-8H. The second-order valence-electron chi connectivity index (χ2n) is 4.48. The van der Waals surface area contributed by atoms with Crippen molar-refractivity contribution in [1.29, 1.82) is 0 Å². The van der Waals surface area contributed by atoms with Gasteiger partial charge in [-0.05, 0) is 30.3 Å². The van der Waals surface area contributed by atoms with E-state index in [0.717, 1.165) is 5.39 Å². The van der Waals surface area contributed by atoms with Gasteiger partial charge < -0.3 is 9.47 Å². The van der Waals surface area contributed by atoms with Crippen LogP contribution in [0.2, 0.25) is 0 Å². The quantitative estimate of drug-likeness (QED) is 0.631. The number of hydrogen-bond acceptors (Lipinski definition) is 4. The number of benzene rings is 2. The topological polar surface area (TPSA) is 44.2 Å². The molecule has 4 nitrogen and oxygen atoms in total. The van der Waals surface area contributed by atoms with Gasteiger partial charge in [-0.2, -0.15) is 0 Å². The molecule has 0 N–H and O–H groups in total. The lowest BCUT2D eigenvalue weighted by atomic mass is 10.2. The van der Waals surface area contributed by atoms with E-state index in [1.807, 2.05) is 0 Å². The van der Waals surface area contributed by atoms with Crippen LogP contribution >= 0.6 is 15.9 Å². The molecule has 8 heteroatoms. The zero-order chi connectivity index (χ0) is 16.4. The van der Waals surface area contributed by atoms with Crippen LogP contribution in [0, 0.1) is 0 Å². The first-order valence-electron chi connectivity index (χ1n) is 6.34. The smallest absolute Gasteiger partial charge is 0.453 e. The van der Waals surface area contributed by atoms with Crippen molar-refractivity contribution in [3.63, 3.8) is 0 Å². The molecule has 0 saturated heterocycles.